The van der Waals surface area contributed by atoms with Crippen LogP contribution in [0.3, 0.4) is 0 Å². The van der Waals surface area contributed by atoms with Crippen LogP contribution in [0.4, 0.5) is 5.69 Å². The smallest absolute Gasteiger partial charge is 0.262 e. The third-order valence-corrected chi connectivity index (χ3v) is 15.3. The number of nitrogens with one attached hydrogen (secondary N) is 1. The predicted molar refractivity (Wildman–Crippen MR) is 205 cm³/mol. The van der Waals surface area contributed by atoms with Gasteiger partial charge in [-0.2, -0.15) is 0 Å². The molecule has 0 aromatic heterocycles. The number of nitrogens with zero attached hydrogens (tertiary/aromatic N) is 3. The molecule has 0 radical (unpaired) electrons. The highest BCUT2D eigenvalue weighted by molar-refractivity contribution is 7.99. The van der Waals surface area contributed by atoms with Crippen LogP contribution in [0.15, 0.2) is 48.6 Å². The summed E-state index contributed by atoms with van der Waals surface area (Å²) in [4.78, 5) is 21.2. The number of benzene rings is 2. The van der Waals surface area contributed by atoms with Crippen molar-refractivity contribution in [3.63, 3.8) is 0 Å². The van der Waals surface area contributed by atoms with Gasteiger partial charge in [0, 0.05) is 74.2 Å². The maximum absolute atomic E-state index is 14.0. The molecule has 2 aromatic rings. The predicted octanol–water partition coefficient (Wildman–Crippen LogP) is 5.82. The van der Waals surface area contributed by atoms with Gasteiger partial charge in [-0.1, -0.05) is 36.7 Å². The van der Waals surface area contributed by atoms with Gasteiger partial charge in [0.15, 0.2) is 0 Å². The monoisotopic (exact) mass is 722 g/mol. The van der Waals surface area contributed by atoms with Crippen molar-refractivity contribution >= 4 is 38.8 Å². The van der Waals surface area contributed by atoms with Gasteiger partial charge in [0.1, 0.15) is 11.4 Å². The first-order chi connectivity index (χ1) is 23.9. The molecule has 10 heteroatoms. The molecule has 1 N–H and O–H groups in total. The van der Waals surface area contributed by atoms with Gasteiger partial charge in [0.05, 0.1) is 22.0 Å². The Morgan fingerprint density at radius 3 is 2.66 bits per heavy atom. The van der Waals surface area contributed by atoms with Crippen molar-refractivity contribution < 1.29 is 18.5 Å². The fraction of sp³-hybridized carbons (Fsp3) is 0.600. The summed E-state index contributed by atoms with van der Waals surface area (Å²) in [7, 11) is 1.14. The normalized spacial score (nSPS) is 35.9. The van der Waals surface area contributed by atoms with Crippen LogP contribution in [-0.4, -0.2) is 103 Å². The van der Waals surface area contributed by atoms with Crippen LogP contribution in [-0.2, 0) is 26.3 Å². The van der Waals surface area contributed by atoms with Crippen molar-refractivity contribution in [2.75, 3.05) is 71.5 Å². The summed E-state index contributed by atoms with van der Waals surface area (Å²) in [5, 5.41) is 0.446. The standard InChI is InChI=1S/C40H55ClN4O4S/c1-28-8-6-17-40(48-4,26-44-20-18-43(3)19-21-44)35-13-10-32(35)24-45-25-39(16-7-9-30-22-33(41)12-14-34(30)39)27-49-37-15-11-31(23-36(37)45)38(46)42-50(5,47)29(28)2/h6,11-12,14-15,17,22-23,28-29,32,35H,5,7-10,13,16,18-21,24-27H2,1-4H3,(H,42,46,47)/b17-6+/t28-,29+,32-,35+,39-,40-,50?/m0/s1. The molecule has 1 amide bonds. The van der Waals surface area contributed by atoms with E-state index < -0.39 is 15.3 Å². The molecule has 2 fully saturated rings. The second kappa shape index (κ2) is 14.1. The summed E-state index contributed by atoms with van der Waals surface area (Å²) in [6, 6.07) is 12.0. The Hall–Kier alpha value is -2.56. The van der Waals surface area contributed by atoms with Crippen molar-refractivity contribution in [3.05, 3.63) is 70.3 Å². The number of methoxy groups -OCH3 is 1. The number of rotatable bonds is 3. The van der Waals surface area contributed by atoms with Crippen molar-refractivity contribution in [2.24, 2.45) is 17.8 Å². The third-order valence-electron chi connectivity index (χ3n) is 12.8. The van der Waals surface area contributed by atoms with Gasteiger partial charge >= 0.3 is 0 Å². The SMILES string of the molecule is C=S1(=O)NC(=O)c2ccc3c(c2)N(C[C@@H]2CC[C@H]2[C@](CN2CCN(C)CC2)(OC)/C=C/C[C@H](C)[C@H]1C)C[C@@]1(CCCc2cc(Cl)ccc21)CO3. The first-order valence-corrected chi connectivity index (χ1v) is 20.7. The van der Waals surface area contributed by atoms with Crippen LogP contribution in [0.5, 0.6) is 5.75 Å². The Morgan fingerprint density at radius 2 is 1.92 bits per heavy atom. The number of allylic oxidation sites excluding steroid dienone is 1. The number of anilines is 1. The van der Waals surface area contributed by atoms with Gasteiger partial charge < -0.3 is 19.3 Å². The van der Waals surface area contributed by atoms with E-state index in [-0.39, 0.29) is 22.5 Å². The highest BCUT2D eigenvalue weighted by atomic mass is 35.5. The molecule has 50 heavy (non-hydrogen) atoms. The maximum Gasteiger partial charge on any atom is 0.262 e. The fourth-order valence-electron chi connectivity index (χ4n) is 9.26. The van der Waals surface area contributed by atoms with Gasteiger partial charge in [-0.3, -0.25) is 14.4 Å². The van der Waals surface area contributed by atoms with E-state index in [1.165, 1.54) is 11.1 Å². The molecule has 2 aliphatic carbocycles. The highest BCUT2D eigenvalue weighted by Gasteiger charge is 2.50. The second-order valence-corrected chi connectivity index (χ2v) is 18.8. The second-order valence-electron chi connectivity index (χ2n) is 15.9. The zero-order chi connectivity index (χ0) is 35.3. The Labute approximate surface area is 304 Å². The minimum absolute atomic E-state index is 0.0419. The first-order valence-electron chi connectivity index (χ1n) is 18.5. The number of amides is 1. The Kier molecular flexibility index (Phi) is 10.1. The molecule has 3 heterocycles. The van der Waals surface area contributed by atoms with Crippen LogP contribution in [0.1, 0.15) is 67.4 Å². The number of aryl methyl sites for hydroxylation is 1. The molecule has 1 unspecified atom stereocenters. The molecule has 2 bridgehead atoms. The van der Waals surface area contributed by atoms with Crippen LogP contribution in [0.25, 0.3) is 0 Å². The summed E-state index contributed by atoms with van der Waals surface area (Å²) in [5.74, 6) is 5.25. The fourth-order valence-corrected chi connectivity index (χ4v) is 10.9. The Balaban J connectivity index is 1.31. The number of fused-ring (bicyclic) bond motifs is 4. The lowest BCUT2D eigenvalue weighted by molar-refractivity contribution is -0.0949. The van der Waals surface area contributed by atoms with Crippen molar-refractivity contribution in [1.29, 1.82) is 0 Å². The minimum atomic E-state index is -2.94. The molecule has 7 rings (SSSR count). The average Bonchev–Trinajstić information content (AvgIpc) is 3.23. The lowest BCUT2D eigenvalue weighted by atomic mass is 9.63. The highest BCUT2D eigenvalue weighted by Crippen LogP contribution is 2.49. The molecule has 1 saturated carbocycles. The minimum Gasteiger partial charge on any atom is -0.490 e. The maximum atomic E-state index is 14.0. The van der Waals surface area contributed by atoms with Crippen LogP contribution >= 0.6 is 11.6 Å². The zero-order valence-corrected chi connectivity index (χ0v) is 31.9. The first kappa shape index (κ1) is 35.8. The quantitative estimate of drug-likeness (QED) is 0.317. The summed E-state index contributed by atoms with van der Waals surface area (Å²) in [5.41, 5.74) is 3.35. The number of carbonyl (C=O) groups excluding carboxylic acids is 1. The number of carbonyl (C=O) groups is 1. The number of likely N-dealkylation sites (N-methyl/N-ethyl adjacent to an activating group) is 1. The van der Waals surface area contributed by atoms with Crippen molar-refractivity contribution in [3.8, 4) is 5.75 Å². The Bertz CT molecular complexity index is 1730. The molecule has 7 atom stereocenters. The van der Waals surface area contributed by atoms with E-state index in [1.54, 1.807) is 6.07 Å². The largest absolute Gasteiger partial charge is 0.490 e. The van der Waals surface area contributed by atoms with Crippen LogP contribution in [0.2, 0.25) is 5.02 Å². The zero-order valence-electron chi connectivity index (χ0n) is 30.3. The lowest BCUT2D eigenvalue weighted by Gasteiger charge is -2.52. The van der Waals surface area contributed by atoms with Gasteiger partial charge in [-0.25, -0.2) is 4.21 Å². The lowest BCUT2D eigenvalue weighted by Crippen LogP contribution is -2.58. The molecule has 2 aromatic carbocycles. The molecule has 5 aliphatic rings. The van der Waals surface area contributed by atoms with Gasteiger partial charge in [-0.05, 0) is 118 Å². The van der Waals surface area contributed by atoms with E-state index in [0.717, 1.165) is 101 Å². The topological polar surface area (TPSA) is 74.4 Å². The molecule has 8 nitrogen and oxygen atoms in total. The molecule has 3 aliphatic heterocycles. The number of halogens is 1. The van der Waals surface area contributed by atoms with E-state index in [2.05, 4.69) is 63.5 Å². The molecular formula is C40H55ClN4O4S. The van der Waals surface area contributed by atoms with Gasteiger partial charge in [-0.15, -0.1) is 0 Å². The number of hydrogen-bond donors (Lipinski definition) is 1. The summed E-state index contributed by atoms with van der Waals surface area (Å²) in [6.45, 7) is 11.2. The molecular weight excluding hydrogens is 668 g/mol. The van der Waals surface area contributed by atoms with Crippen LogP contribution < -0.4 is 14.4 Å². The van der Waals surface area contributed by atoms with Crippen LogP contribution in [0, 0.1) is 17.8 Å². The molecule has 1 saturated heterocycles. The van der Waals surface area contributed by atoms with Gasteiger partial charge in [0.2, 0.25) is 0 Å². The molecule has 272 valence electrons. The Morgan fingerprint density at radius 1 is 1.12 bits per heavy atom. The number of piperazine rings is 1. The van der Waals surface area contributed by atoms with E-state index in [0.29, 0.717) is 24.0 Å². The van der Waals surface area contributed by atoms with Crippen molar-refractivity contribution in [1.82, 2.24) is 14.5 Å². The summed E-state index contributed by atoms with van der Waals surface area (Å²) >= 11 is 6.50. The average molecular weight is 723 g/mol. The number of hydrogen-bond acceptors (Lipinski definition) is 7. The summed E-state index contributed by atoms with van der Waals surface area (Å²) < 4.78 is 30.3. The van der Waals surface area contributed by atoms with Crippen molar-refractivity contribution in [2.45, 2.75) is 68.6 Å². The van der Waals surface area contributed by atoms with E-state index in [9.17, 15) is 9.00 Å². The van der Waals surface area contributed by atoms with E-state index in [1.807, 2.05) is 32.2 Å². The van der Waals surface area contributed by atoms with Gasteiger partial charge in [0.25, 0.3) is 5.91 Å². The molecule has 1 spiro atoms. The third kappa shape index (κ3) is 6.85. The summed E-state index contributed by atoms with van der Waals surface area (Å²) in [6.07, 6.45) is 10.6. The number of ether oxygens (including phenoxy) is 2. The van der Waals surface area contributed by atoms with E-state index in [4.69, 9.17) is 21.1 Å². The van der Waals surface area contributed by atoms with E-state index >= 15 is 0 Å².